The highest BCUT2D eigenvalue weighted by Gasteiger charge is 2.54. The molecule has 2 saturated heterocycles. The number of unbranched alkanes of at least 4 members (excludes halogenated alkanes) is 1. The van der Waals surface area contributed by atoms with Crippen LogP contribution in [0.25, 0.3) is 0 Å². The standard InChI is InChI=1S/C30H42ClN5O2/c1-3-4-17-36-28(37)24(20-22-11-7-5-8-12-22)32-29(38)30(36)15-18-35(19-16-30)26(23-13-9-6-10-14-23)25-21(2)33-34-27(25)31/h6,9-10,13-14,22,24,26H,3-5,7-8,11-12,15-20H2,1-2H3,(H,32,38)(H,33,34)/t24-,26?/m0/s1. The number of carbonyl (C=O) groups excluding carboxylic acids is 2. The summed E-state index contributed by atoms with van der Waals surface area (Å²) in [6.45, 7) is 6.16. The summed E-state index contributed by atoms with van der Waals surface area (Å²) in [7, 11) is 0. The van der Waals surface area contributed by atoms with Gasteiger partial charge in [-0.3, -0.25) is 19.6 Å². The second-order valence-electron chi connectivity index (χ2n) is 11.5. The Morgan fingerprint density at radius 3 is 2.45 bits per heavy atom. The predicted molar refractivity (Wildman–Crippen MR) is 150 cm³/mol. The van der Waals surface area contributed by atoms with Gasteiger partial charge in [0.05, 0.1) is 11.7 Å². The smallest absolute Gasteiger partial charge is 0.246 e. The number of aromatic amines is 1. The van der Waals surface area contributed by atoms with Crippen molar-refractivity contribution >= 4 is 23.4 Å². The number of nitrogens with zero attached hydrogens (tertiary/aromatic N) is 3. The van der Waals surface area contributed by atoms with E-state index >= 15 is 0 Å². The highest BCUT2D eigenvalue weighted by molar-refractivity contribution is 6.30. The quantitative estimate of drug-likeness (QED) is 0.471. The zero-order chi connectivity index (χ0) is 26.7. The molecule has 8 heteroatoms. The number of benzene rings is 1. The molecule has 2 aromatic rings. The average Bonchev–Trinajstić information content (AvgIpc) is 3.27. The molecule has 7 nitrogen and oxygen atoms in total. The molecule has 2 atom stereocenters. The fraction of sp³-hybridized carbons (Fsp3) is 0.633. The van der Waals surface area contributed by atoms with E-state index in [2.05, 4.69) is 39.5 Å². The maximum absolute atomic E-state index is 13.9. The molecule has 3 heterocycles. The van der Waals surface area contributed by atoms with Gasteiger partial charge in [-0.05, 0) is 44.1 Å². The fourth-order valence-electron chi connectivity index (χ4n) is 7.01. The van der Waals surface area contributed by atoms with Crippen LogP contribution < -0.4 is 5.32 Å². The lowest BCUT2D eigenvalue weighted by molar-refractivity contribution is -0.162. The Bertz CT molecular complexity index is 1090. The number of hydrogen-bond acceptors (Lipinski definition) is 4. The summed E-state index contributed by atoms with van der Waals surface area (Å²) in [6, 6.07) is 9.91. The molecule has 1 aromatic carbocycles. The third-order valence-corrected chi connectivity index (χ3v) is 9.45. The highest BCUT2D eigenvalue weighted by Crippen LogP contribution is 2.41. The van der Waals surface area contributed by atoms with E-state index in [1.165, 1.54) is 32.1 Å². The number of piperazine rings is 1. The molecule has 0 radical (unpaired) electrons. The number of rotatable bonds is 8. The van der Waals surface area contributed by atoms with Gasteiger partial charge in [-0.15, -0.1) is 0 Å². The summed E-state index contributed by atoms with van der Waals surface area (Å²) in [4.78, 5) is 32.1. The van der Waals surface area contributed by atoms with Gasteiger partial charge in [-0.2, -0.15) is 5.10 Å². The number of halogens is 1. The van der Waals surface area contributed by atoms with E-state index < -0.39 is 5.54 Å². The lowest BCUT2D eigenvalue weighted by Crippen LogP contribution is -2.73. The number of aromatic nitrogens is 2. The molecule has 1 spiro atoms. The molecule has 3 fully saturated rings. The van der Waals surface area contributed by atoms with Crippen LogP contribution in [-0.4, -0.2) is 63.0 Å². The Morgan fingerprint density at radius 2 is 1.82 bits per heavy atom. The second kappa shape index (κ2) is 11.8. The van der Waals surface area contributed by atoms with Crippen molar-refractivity contribution < 1.29 is 9.59 Å². The number of hydrogen-bond donors (Lipinski definition) is 2. The first-order chi connectivity index (χ1) is 18.4. The maximum atomic E-state index is 13.9. The van der Waals surface area contributed by atoms with Crippen molar-refractivity contribution in [2.75, 3.05) is 19.6 Å². The van der Waals surface area contributed by atoms with E-state index in [0.29, 0.717) is 43.5 Å². The molecular weight excluding hydrogens is 498 g/mol. The van der Waals surface area contributed by atoms with Crippen LogP contribution in [0.5, 0.6) is 0 Å². The summed E-state index contributed by atoms with van der Waals surface area (Å²) in [5.74, 6) is 0.712. The molecule has 206 valence electrons. The molecule has 5 rings (SSSR count). The zero-order valence-electron chi connectivity index (χ0n) is 22.8. The first-order valence-electron chi connectivity index (χ1n) is 14.6. The number of nitrogens with one attached hydrogen (secondary N) is 2. The molecule has 38 heavy (non-hydrogen) atoms. The van der Waals surface area contributed by atoms with Crippen LogP contribution >= 0.6 is 11.6 Å². The Hall–Kier alpha value is -2.38. The van der Waals surface area contributed by atoms with Crippen LogP contribution in [0.2, 0.25) is 5.15 Å². The number of aryl methyl sites for hydroxylation is 1. The van der Waals surface area contributed by atoms with Gasteiger partial charge in [0.15, 0.2) is 0 Å². The highest BCUT2D eigenvalue weighted by atomic mass is 35.5. The number of likely N-dealkylation sites (tertiary alicyclic amines) is 1. The third kappa shape index (κ3) is 5.24. The molecule has 3 aliphatic rings. The Morgan fingerprint density at radius 1 is 1.11 bits per heavy atom. The summed E-state index contributed by atoms with van der Waals surface area (Å²) in [6.07, 6.45) is 10.0. The molecule has 0 bridgehead atoms. The topological polar surface area (TPSA) is 81.3 Å². The maximum Gasteiger partial charge on any atom is 0.246 e. The minimum atomic E-state index is -0.776. The fourth-order valence-corrected chi connectivity index (χ4v) is 7.29. The summed E-state index contributed by atoms with van der Waals surface area (Å²) in [5, 5.41) is 11.1. The third-order valence-electron chi connectivity index (χ3n) is 9.16. The summed E-state index contributed by atoms with van der Waals surface area (Å²) in [5.41, 5.74) is 2.23. The largest absolute Gasteiger partial charge is 0.342 e. The Balaban J connectivity index is 1.38. The number of carbonyl (C=O) groups is 2. The van der Waals surface area contributed by atoms with E-state index in [-0.39, 0.29) is 23.9 Å². The van der Waals surface area contributed by atoms with Crippen molar-refractivity contribution in [2.45, 2.75) is 95.7 Å². The van der Waals surface area contributed by atoms with Crippen molar-refractivity contribution in [1.82, 2.24) is 25.3 Å². The summed E-state index contributed by atoms with van der Waals surface area (Å²) >= 11 is 6.61. The number of H-pyrrole nitrogens is 1. The van der Waals surface area contributed by atoms with Crippen LogP contribution in [0, 0.1) is 12.8 Å². The molecule has 2 N–H and O–H groups in total. The first kappa shape index (κ1) is 27.2. The van der Waals surface area contributed by atoms with Gasteiger partial charge in [0, 0.05) is 25.2 Å². The molecule has 1 aromatic heterocycles. The van der Waals surface area contributed by atoms with Crippen LogP contribution in [-0.2, 0) is 9.59 Å². The van der Waals surface area contributed by atoms with E-state index in [0.717, 1.165) is 36.1 Å². The summed E-state index contributed by atoms with van der Waals surface area (Å²) < 4.78 is 0. The van der Waals surface area contributed by atoms with Gasteiger partial charge in [0.2, 0.25) is 11.8 Å². The molecule has 1 aliphatic carbocycles. The SMILES string of the molecule is CCCCN1C(=O)[C@H](CC2CCCCC2)NC(=O)C12CCN(C(c1ccccc1)c1c(C)n[nH]c1Cl)CC2. The van der Waals surface area contributed by atoms with Crippen molar-refractivity contribution in [1.29, 1.82) is 0 Å². The Labute approximate surface area is 231 Å². The first-order valence-corrected chi connectivity index (χ1v) is 14.9. The lowest BCUT2D eigenvalue weighted by atomic mass is 9.78. The second-order valence-corrected chi connectivity index (χ2v) is 11.9. The van der Waals surface area contributed by atoms with Gasteiger partial charge in [-0.1, -0.05) is 87.4 Å². The number of amides is 2. The van der Waals surface area contributed by atoms with Gasteiger partial charge >= 0.3 is 0 Å². The van der Waals surface area contributed by atoms with Crippen LogP contribution in [0.1, 0.15) is 94.0 Å². The Kier molecular flexibility index (Phi) is 8.44. The van der Waals surface area contributed by atoms with Crippen molar-refractivity contribution in [3.8, 4) is 0 Å². The van der Waals surface area contributed by atoms with Crippen LogP contribution in [0.15, 0.2) is 30.3 Å². The normalized spacial score (nSPS) is 23.6. The van der Waals surface area contributed by atoms with Crippen LogP contribution in [0.3, 0.4) is 0 Å². The molecular formula is C30H42ClN5O2. The van der Waals surface area contributed by atoms with E-state index in [1.54, 1.807) is 0 Å². The van der Waals surface area contributed by atoms with Gasteiger partial charge in [0.1, 0.15) is 16.7 Å². The molecule has 2 amide bonds. The molecule has 1 saturated carbocycles. The van der Waals surface area contributed by atoms with E-state index in [9.17, 15) is 9.59 Å². The van der Waals surface area contributed by atoms with E-state index in [4.69, 9.17) is 11.6 Å². The van der Waals surface area contributed by atoms with Gasteiger partial charge in [-0.25, -0.2) is 0 Å². The minimum Gasteiger partial charge on any atom is -0.342 e. The van der Waals surface area contributed by atoms with Crippen molar-refractivity contribution in [2.24, 2.45) is 5.92 Å². The van der Waals surface area contributed by atoms with Gasteiger partial charge in [0.25, 0.3) is 0 Å². The lowest BCUT2D eigenvalue weighted by Gasteiger charge is -2.53. The van der Waals surface area contributed by atoms with E-state index in [1.807, 2.05) is 30.0 Å². The van der Waals surface area contributed by atoms with Crippen molar-refractivity contribution in [3.63, 3.8) is 0 Å². The average molecular weight is 540 g/mol. The van der Waals surface area contributed by atoms with Gasteiger partial charge < -0.3 is 10.2 Å². The molecule has 2 aliphatic heterocycles. The van der Waals surface area contributed by atoms with Crippen LogP contribution in [0.4, 0.5) is 0 Å². The molecule has 1 unspecified atom stereocenters. The predicted octanol–water partition coefficient (Wildman–Crippen LogP) is 5.39. The monoisotopic (exact) mass is 539 g/mol. The minimum absolute atomic E-state index is 0.0439. The number of piperidine rings is 1. The van der Waals surface area contributed by atoms with Crippen molar-refractivity contribution in [3.05, 3.63) is 52.3 Å². The zero-order valence-corrected chi connectivity index (χ0v) is 23.6.